The number of hydrogen-bond donors (Lipinski definition) is 25. The largest absolute Gasteiger partial charge is 0.481 e. The number of alkyl carbamates (subject to hydrolysis) is 2. The molecule has 1 fully saturated rings. The lowest BCUT2D eigenvalue weighted by Gasteiger charge is -2.30. The highest BCUT2D eigenvalue weighted by Gasteiger charge is 2.42. The number of aliphatic hydroxyl groups is 1. The Morgan fingerprint density at radius 1 is 0.489 bits per heavy atom. The number of carbonyl (C=O) groups is 23. The van der Waals surface area contributed by atoms with Crippen molar-refractivity contribution in [3.05, 3.63) is 65.9 Å². The van der Waals surface area contributed by atoms with Crippen molar-refractivity contribution in [1.82, 2.24) is 95.4 Å². The highest BCUT2D eigenvalue weighted by Crippen LogP contribution is 2.23. The third-order valence-corrected chi connectivity index (χ3v) is 21.3. The van der Waals surface area contributed by atoms with Gasteiger partial charge in [-0.25, -0.2) is 19.2 Å². The van der Waals surface area contributed by atoms with E-state index in [0.717, 1.165) is 72.1 Å². The van der Waals surface area contributed by atoms with Gasteiger partial charge in [-0.1, -0.05) is 95.5 Å². The van der Waals surface area contributed by atoms with E-state index in [1.54, 1.807) is 72.0 Å². The van der Waals surface area contributed by atoms with Crippen LogP contribution in [0.15, 0.2) is 54.7 Å². The Labute approximate surface area is 811 Å². The molecule has 1 aliphatic heterocycles. The quantitative estimate of drug-likeness (QED) is 0.00930. The van der Waals surface area contributed by atoms with Gasteiger partial charge in [0.2, 0.25) is 82.7 Å². The maximum Gasteiger partial charge on any atom is 0.408 e. The van der Waals surface area contributed by atoms with Gasteiger partial charge in [0, 0.05) is 60.8 Å². The summed E-state index contributed by atoms with van der Waals surface area (Å²) in [6, 6.07) is -14.0. The minimum atomic E-state index is -2.55. The lowest BCUT2D eigenvalue weighted by molar-refractivity contribution is -0.156. The van der Waals surface area contributed by atoms with Gasteiger partial charge in [0.15, 0.2) is 5.78 Å². The van der Waals surface area contributed by atoms with Crippen LogP contribution in [0.5, 0.6) is 0 Å². The summed E-state index contributed by atoms with van der Waals surface area (Å²) in [7, 11) is 0. The summed E-state index contributed by atoms with van der Waals surface area (Å²) in [5.41, 5.74) is 10.4. The number of primary amides is 1. The topological polar surface area (TPSA) is 794 Å². The molecule has 4 rings (SSSR count). The molecule has 0 radical (unpaired) electrons. The van der Waals surface area contributed by atoms with Crippen LogP contribution in [0.25, 0.3) is 10.9 Å². The van der Waals surface area contributed by atoms with Crippen molar-refractivity contribution in [3.8, 4) is 0 Å². The second-order valence-electron chi connectivity index (χ2n) is 35.7. The number of nitrogens with two attached hydrogens (primary N) is 2. The summed E-state index contributed by atoms with van der Waals surface area (Å²) in [4.78, 5) is 321. The fraction of sp³-hybridized carbons (Fsp3) is 0.589. The van der Waals surface area contributed by atoms with Crippen molar-refractivity contribution < 1.29 is 150 Å². The van der Waals surface area contributed by atoms with Crippen LogP contribution in [-0.2, 0) is 112 Å². The number of esters is 1. The van der Waals surface area contributed by atoms with Gasteiger partial charge in [-0.3, -0.25) is 91.1 Å². The third-order valence-electron chi connectivity index (χ3n) is 21.3. The van der Waals surface area contributed by atoms with Crippen LogP contribution in [-0.4, -0.2) is 296 Å². The van der Waals surface area contributed by atoms with Gasteiger partial charge in [-0.2, -0.15) is 0 Å². The average molecular weight is 1990 g/mol. The third kappa shape index (κ3) is 45.1. The van der Waals surface area contributed by atoms with E-state index in [9.17, 15) is 121 Å². The number of amides is 18. The van der Waals surface area contributed by atoms with E-state index in [1.807, 2.05) is 16.0 Å². The Kier molecular flexibility index (Phi) is 49.9. The molecule has 1 aliphatic rings. The summed E-state index contributed by atoms with van der Waals surface area (Å²) in [6.07, 6.45) is -2.18. The van der Waals surface area contributed by atoms with Gasteiger partial charge in [0.05, 0.1) is 51.8 Å². The van der Waals surface area contributed by atoms with Crippen LogP contribution in [0.3, 0.4) is 0 Å². The van der Waals surface area contributed by atoms with Crippen molar-refractivity contribution in [2.24, 2.45) is 11.7 Å². The fourth-order valence-corrected chi connectivity index (χ4v) is 14.1. The Balaban J connectivity index is 1.94. The number of rotatable bonds is 45. The number of urea groups is 1. The number of carbonyl (C=O) groups excluding carboxylic acids is 19. The molecule has 14 unspecified atom stereocenters. The number of aliphatic carboxylic acids is 4. The molecule has 18 amide bonds. The molecular weight excluding hydrogens is 1860 g/mol. The van der Waals surface area contributed by atoms with Gasteiger partial charge in [0.25, 0.3) is 0 Å². The summed E-state index contributed by atoms with van der Waals surface area (Å²) < 4.78 is 16.4. The maximum atomic E-state index is 15.2. The van der Waals surface area contributed by atoms with Crippen molar-refractivity contribution in [3.63, 3.8) is 0 Å². The summed E-state index contributed by atoms with van der Waals surface area (Å²) >= 11 is 0. The number of nitrogen functional groups attached to an aromatic ring is 1. The number of Topliss-reactive ketones (excluding diaryl/α,β-unsaturated/α-hetero) is 1. The Bertz CT molecular complexity index is 4900. The number of carboxylic acids is 4. The van der Waals surface area contributed by atoms with E-state index >= 15 is 14.4 Å². The Hall–Kier alpha value is -14.8. The number of ether oxygens (including phenoxy) is 3. The number of fused-ring (bicyclic) bond motifs is 1. The van der Waals surface area contributed by atoms with Crippen LogP contribution in [0, 0.1) is 5.92 Å². The number of ketones is 1. The van der Waals surface area contributed by atoms with Gasteiger partial charge in [-0.05, 0) is 124 Å². The van der Waals surface area contributed by atoms with Crippen molar-refractivity contribution in [2.45, 2.75) is 294 Å². The van der Waals surface area contributed by atoms with E-state index < -0.39 is 303 Å². The summed E-state index contributed by atoms with van der Waals surface area (Å²) in [5, 5.41) is 89.7. The second kappa shape index (κ2) is 59.4. The molecule has 51 nitrogen and oxygen atoms in total. The lowest BCUT2D eigenvalue weighted by atomic mass is 9.96. The summed E-state index contributed by atoms with van der Waals surface area (Å²) in [6.45, 7) is 10.4. The predicted octanol–water partition coefficient (Wildman–Crippen LogP) is -2.30. The number of aliphatic hydroxyl groups excluding tert-OH is 1. The number of cyclic esters (lactones) is 1. The molecule has 141 heavy (non-hydrogen) atoms. The zero-order valence-corrected chi connectivity index (χ0v) is 80.4. The predicted molar refractivity (Wildman–Crippen MR) is 498 cm³/mol. The van der Waals surface area contributed by atoms with E-state index in [-0.39, 0.29) is 56.4 Å². The monoisotopic (exact) mass is 1990 g/mol. The number of aromatic nitrogens is 1. The molecular formula is C90H134N20O31. The number of nitrogens with one attached hydrogen (secondary N) is 18. The van der Waals surface area contributed by atoms with E-state index in [4.69, 9.17) is 25.7 Å². The van der Waals surface area contributed by atoms with Crippen molar-refractivity contribution >= 4 is 153 Å². The minimum Gasteiger partial charge on any atom is -0.481 e. The SMILES string of the molecule is CCCCCCCCCCCNC(=O)NC(Cc1c[nH]c2ccccc12)C(=O)NC(CC(N)=O)C(=O)NC(CC(=O)O)C(=O)NC1C(=O)NCC(=O)NC(CCCNC(=O)C(CCCCNC(=O)OC(C)(C)C)NC(=O)OC(C)(C)C)C(=O)NC(CC(=O)O)C(=O)NC(C)C(=O)NC(CC(=O)O)C(=O)NCC(=O)NC(CO)C(=O)NC(C(C)CC(=O)O)C(=O)NC(CC(=O)c2ccccc2N)C(=O)OC1C. The van der Waals surface area contributed by atoms with Crippen LogP contribution in [0.1, 0.15) is 214 Å². The first-order valence-electron chi connectivity index (χ1n) is 46.0. The number of anilines is 1. The smallest absolute Gasteiger partial charge is 0.408 e. The normalized spacial score (nSPS) is 19.7. The van der Waals surface area contributed by atoms with Crippen LogP contribution in [0.4, 0.5) is 20.1 Å². The Morgan fingerprint density at radius 3 is 1.60 bits per heavy atom. The number of benzene rings is 2. The number of unbranched alkanes of at least 4 members (excludes halogenated alkanes) is 9. The fourth-order valence-electron chi connectivity index (χ4n) is 14.1. The highest BCUT2D eigenvalue weighted by molar-refractivity contribution is 6.05. The molecule has 1 saturated heterocycles. The first-order chi connectivity index (χ1) is 66.3. The van der Waals surface area contributed by atoms with E-state index in [2.05, 4.69) is 86.3 Å². The second-order valence-corrected chi connectivity index (χ2v) is 35.7. The van der Waals surface area contributed by atoms with Crippen molar-refractivity contribution in [1.29, 1.82) is 0 Å². The first kappa shape index (κ1) is 118. The first-order valence-corrected chi connectivity index (χ1v) is 46.0. The number of para-hydroxylation sites is 2. The number of aromatic amines is 1. The van der Waals surface area contributed by atoms with Gasteiger partial charge in [-0.15, -0.1) is 0 Å². The average Bonchev–Trinajstić information content (AvgIpc) is 1.69. The van der Waals surface area contributed by atoms with Gasteiger partial charge >= 0.3 is 48.1 Å². The zero-order valence-electron chi connectivity index (χ0n) is 80.4. The molecule has 51 heteroatoms. The molecule has 27 N–H and O–H groups in total. The van der Waals surface area contributed by atoms with E-state index in [1.165, 1.54) is 24.3 Å². The van der Waals surface area contributed by atoms with Gasteiger partial charge in [0.1, 0.15) is 89.8 Å². The molecule has 0 saturated carbocycles. The maximum absolute atomic E-state index is 15.2. The Morgan fingerprint density at radius 2 is 1.01 bits per heavy atom. The molecule has 0 aliphatic carbocycles. The zero-order chi connectivity index (χ0) is 106. The molecule has 780 valence electrons. The molecule has 1 aromatic heterocycles. The molecule has 0 spiro atoms. The summed E-state index contributed by atoms with van der Waals surface area (Å²) in [5.74, 6) is -31.3. The highest BCUT2D eigenvalue weighted by atomic mass is 16.6. The van der Waals surface area contributed by atoms with Crippen LogP contribution >= 0.6 is 0 Å². The molecule has 2 heterocycles. The molecule has 14 atom stereocenters. The number of H-pyrrole nitrogens is 1. The number of carboxylic acid groups (broad SMARTS) is 4. The molecule has 0 bridgehead atoms. The standard InChI is InChI=1S/C90H134N20O31/c1-11-12-13-14-15-16-17-18-24-33-94-86(136)107-57(37-50-43-96-54-30-22-20-27-51(50)54)79(129)103-58(39-65(92)113)80(130)105-61(42-71(122)123)81(131)110-73-49(4)139-85(135)62(38-64(112)52-28-19-21-29-53(52)91)106-84(134)72(47(2)36-68(116)117)109-82(132)63(46-111)101-67(115)44-97-76(126)59(40-69(118)119)102-74(124)48(3)99-78(128)60(41-70(120)121)104-77(127)56(100-66(114)45-98-83(73)133)32-26-35-93-75(125)55(108-88(138)141-90(8,9)10)31-23-25-34-95-87(137)140-89(5,6)7/h19-22,27-30,43,47-49,55-63,72-73,96,111H,11-18,23-26,31-42,44-46,91H2,1-10H3,(H2,92,113)(H,93,125)(H,95,137)(H,97,126)(H,98,133)(H,99,128)(H,100,114)(H,101,115)(H,102,124)(H,103,129)(H,104,127)(H,105,130)(H,106,134)(H,108,138)(H,109,132)(H,110,131)(H,116,117)(H,118,119)(H,120,121)(H,122,123)(H2,94,107,136). The van der Waals surface area contributed by atoms with Crippen LogP contribution < -0.4 is 102 Å². The minimum absolute atomic E-state index is 0.0582. The number of hydrogen-bond acceptors (Lipinski definition) is 28. The van der Waals surface area contributed by atoms with Crippen LogP contribution in [0.2, 0.25) is 0 Å². The molecule has 3 aromatic rings. The molecule has 2 aromatic carbocycles. The van der Waals surface area contributed by atoms with Crippen molar-refractivity contribution in [2.75, 3.05) is 45.1 Å². The van der Waals surface area contributed by atoms with Gasteiger partial charge < -0.3 is 147 Å². The lowest BCUT2D eigenvalue weighted by Crippen LogP contribution is -2.62. The van der Waals surface area contributed by atoms with E-state index in [0.29, 0.717) is 22.9 Å².